The van der Waals surface area contributed by atoms with Crippen molar-refractivity contribution in [3.05, 3.63) is 58.4 Å². The normalized spacial score (nSPS) is 21.6. The van der Waals surface area contributed by atoms with Crippen molar-refractivity contribution in [1.82, 2.24) is 9.71 Å². The molecular weight excluding hydrogens is 416 g/mol. The van der Waals surface area contributed by atoms with Gasteiger partial charge >= 0.3 is 0 Å². The zero-order valence-corrected chi connectivity index (χ0v) is 18.4. The van der Waals surface area contributed by atoms with Gasteiger partial charge in [0.15, 0.2) is 0 Å². The summed E-state index contributed by atoms with van der Waals surface area (Å²) >= 11 is 0. The molecule has 4 rings (SSSR count). The second-order valence-electron chi connectivity index (χ2n) is 8.67. The van der Waals surface area contributed by atoms with Gasteiger partial charge in [-0.05, 0) is 68.7 Å². The standard InChI is InChI=1S/C22H28N4O4S/c1-16-5-7-17(8-6-16)24-31(29,30)20-11-12-21(22(14-20)26(27)28)25(19-9-10-19)15-18-4-2-3-13-23-18/h2-4,11-14,16-17,19,24H,5-10,15H2,1H3. The molecule has 8 nitrogen and oxygen atoms in total. The van der Waals surface area contributed by atoms with Gasteiger partial charge in [0.05, 0.1) is 22.1 Å². The average molecular weight is 445 g/mol. The molecule has 0 saturated heterocycles. The van der Waals surface area contributed by atoms with Crippen molar-refractivity contribution in [1.29, 1.82) is 0 Å². The highest BCUT2D eigenvalue weighted by Crippen LogP contribution is 2.39. The molecule has 9 heteroatoms. The smallest absolute Gasteiger partial charge is 0.293 e. The van der Waals surface area contributed by atoms with Crippen molar-refractivity contribution in [2.24, 2.45) is 5.92 Å². The van der Waals surface area contributed by atoms with Crippen molar-refractivity contribution in [2.75, 3.05) is 4.90 Å². The lowest BCUT2D eigenvalue weighted by Gasteiger charge is -2.27. The molecule has 2 aromatic rings. The number of pyridine rings is 1. The molecule has 2 aliphatic carbocycles. The van der Waals surface area contributed by atoms with Gasteiger partial charge in [-0.25, -0.2) is 13.1 Å². The van der Waals surface area contributed by atoms with E-state index >= 15 is 0 Å². The van der Waals surface area contributed by atoms with Crippen LogP contribution in [0.15, 0.2) is 47.5 Å². The van der Waals surface area contributed by atoms with E-state index in [0.717, 1.165) is 44.2 Å². The van der Waals surface area contributed by atoms with E-state index in [0.29, 0.717) is 18.2 Å². The zero-order valence-electron chi connectivity index (χ0n) is 17.6. The topological polar surface area (TPSA) is 105 Å². The van der Waals surface area contributed by atoms with E-state index in [1.54, 1.807) is 12.3 Å². The van der Waals surface area contributed by atoms with E-state index in [2.05, 4.69) is 16.6 Å². The number of nitrogens with one attached hydrogen (secondary N) is 1. The molecule has 0 amide bonds. The van der Waals surface area contributed by atoms with Crippen LogP contribution in [-0.4, -0.2) is 30.4 Å². The number of benzene rings is 1. The lowest BCUT2D eigenvalue weighted by Crippen LogP contribution is -2.37. The van der Waals surface area contributed by atoms with Gasteiger partial charge < -0.3 is 4.90 Å². The van der Waals surface area contributed by atoms with E-state index in [-0.39, 0.29) is 22.7 Å². The minimum atomic E-state index is -3.82. The number of hydrogen-bond donors (Lipinski definition) is 1. The van der Waals surface area contributed by atoms with Crippen LogP contribution in [0.5, 0.6) is 0 Å². The van der Waals surface area contributed by atoms with Crippen LogP contribution in [0.2, 0.25) is 0 Å². The summed E-state index contributed by atoms with van der Waals surface area (Å²) in [4.78, 5) is 17.6. The Morgan fingerprint density at radius 1 is 1.13 bits per heavy atom. The number of hydrogen-bond acceptors (Lipinski definition) is 6. The molecule has 31 heavy (non-hydrogen) atoms. The monoisotopic (exact) mass is 444 g/mol. The first-order valence-electron chi connectivity index (χ1n) is 10.8. The minimum absolute atomic E-state index is 0.0600. The fraction of sp³-hybridized carbons (Fsp3) is 0.500. The number of aromatic nitrogens is 1. The fourth-order valence-corrected chi connectivity index (χ4v) is 5.51. The highest BCUT2D eigenvalue weighted by atomic mass is 32.2. The van der Waals surface area contributed by atoms with Gasteiger partial charge in [-0.3, -0.25) is 15.1 Å². The van der Waals surface area contributed by atoms with Crippen LogP contribution in [0.4, 0.5) is 11.4 Å². The minimum Gasteiger partial charge on any atom is -0.357 e. The Morgan fingerprint density at radius 3 is 2.48 bits per heavy atom. The Kier molecular flexibility index (Phi) is 6.24. The van der Waals surface area contributed by atoms with Crippen LogP contribution in [0.25, 0.3) is 0 Å². The predicted octanol–water partition coefficient (Wildman–Crippen LogP) is 4.02. The van der Waals surface area contributed by atoms with Gasteiger partial charge in [-0.1, -0.05) is 13.0 Å². The third-order valence-corrected chi connectivity index (χ3v) is 7.67. The van der Waals surface area contributed by atoms with E-state index < -0.39 is 14.9 Å². The molecule has 0 aliphatic heterocycles. The summed E-state index contributed by atoms with van der Waals surface area (Å²) in [5.74, 6) is 0.605. The van der Waals surface area contributed by atoms with E-state index in [9.17, 15) is 18.5 Å². The quantitative estimate of drug-likeness (QED) is 0.487. The molecule has 166 valence electrons. The van der Waals surface area contributed by atoms with Crippen molar-refractivity contribution in [3.8, 4) is 0 Å². The van der Waals surface area contributed by atoms with Crippen LogP contribution >= 0.6 is 0 Å². The van der Waals surface area contributed by atoms with Crippen molar-refractivity contribution < 1.29 is 13.3 Å². The van der Waals surface area contributed by atoms with Crippen LogP contribution in [0, 0.1) is 16.0 Å². The molecule has 1 heterocycles. The van der Waals surface area contributed by atoms with Gasteiger partial charge in [0.25, 0.3) is 5.69 Å². The van der Waals surface area contributed by atoms with E-state index in [1.165, 1.54) is 12.1 Å². The molecule has 2 saturated carbocycles. The lowest BCUT2D eigenvalue weighted by molar-refractivity contribution is -0.384. The average Bonchev–Trinajstić information content (AvgIpc) is 3.59. The van der Waals surface area contributed by atoms with Gasteiger partial charge in [0, 0.05) is 24.3 Å². The molecule has 0 spiro atoms. The summed E-state index contributed by atoms with van der Waals surface area (Å²) in [5.41, 5.74) is 1.06. The van der Waals surface area contributed by atoms with Gasteiger partial charge in [-0.2, -0.15) is 0 Å². The van der Waals surface area contributed by atoms with Gasteiger partial charge in [0.2, 0.25) is 10.0 Å². The van der Waals surface area contributed by atoms with Crippen LogP contribution < -0.4 is 9.62 Å². The van der Waals surface area contributed by atoms with Crippen LogP contribution in [0.3, 0.4) is 0 Å². The summed E-state index contributed by atoms with van der Waals surface area (Å²) in [6, 6.07) is 9.91. The summed E-state index contributed by atoms with van der Waals surface area (Å²) < 4.78 is 28.6. The fourth-order valence-electron chi connectivity index (χ4n) is 4.19. The maximum Gasteiger partial charge on any atom is 0.293 e. The SMILES string of the molecule is CC1CCC(NS(=O)(=O)c2ccc(N(Cc3ccccn3)C3CC3)c([N+](=O)[O-])c2)CC1. The van der Waals surface area contributed by atoms with Gasteiger partial charge in [-0.15, -0.1) is 0 Å². The van der Waals surface area contributed by atoms with Crippen LogP contribution in [0.1, 0.15) is 51.1 Å². The summed E-state index contributed by atoms with van der Waals surface area (Å²) in [6.45, 7) is 2.61. The Balaban J connectivity index is 1.60. The van der Waals surface area contributed by atoms with Crippen molar-refractivity contribution in [2.45, 2.75) is 69.0 Å². The molecule has 1 aromatic heterocycles. The number of nitrogens with zero attached hydrogens (tertiary/aromatic N) is 3. The Bertz CT molecular complexity index is 1030. The van der Waals surface area contributed by atoms with Crippen molar-refractivity contribution in [3.63, 3.8) is 0 Å². The molecule has 0 atom stereocenters. The Labute approximate surface area is 182 Å². The largest absolute Gasteiger partial charge is 0.357 e. The third-order valence-electron chi connectivity index (χ3n) is 6.15. The lowest BCUT2D eigenvalue weighted by atomic mass is 9.88. The number of sulfonamides is 1. The zero-order chi connectivity index (χ0) is 22.0. The van der Waals surface area contributed by atoms with E-state index in [4.69, 9.17) is 0 Å². The molecule has 1 aromatic carbocycles. The molecule has 0 radical (unpaired) electrons. The molecule has 0 unspecified atom stereocenters. The second-order valence-corrected chi connectivity index (χ2v) is 10.4. The molecule has 2 aliphatic rings. The molecule has 1 N–H and O–H groups in total. The molecular formula is C22H28N4O4S. The number of nitro benzene ring substituents is 1. The predicted molar refractivity (Wildman–Crippen MR) is 118 cm³/mol. The Hall–Kier alpha value is -2.52. The van der Waals surface area contributed by atoms with Crippen LogP contribution in [-0.2, 0) is 16.6 Å². The summed E-state index contributed by atoms with van der Waals surface area (Å²) in [5, 5.41) is 11.9. The first-order valence-corrected chi connectivity index (χ1v) is 12.3. The van der Waals surface area contributed by atoms with Gasteiger partial charge in [0.1, 0.15) is 5.69 Å². The summed E-state index contributed by atoms with van der Waals surface area (Å²) in [6.07, 6.45) is 7.14. The number of anilines is 1. The highest BCUT2D eigenvalue weighted by molar-refractivity contribution is 7.89. The summed E-state index contributed by atoms with van der Waals surface area (Å²) in [7, 11) is -3.82. The number of nitro groups is 1. The van der Waals surface area contributed by atoms with Crippen molar-refractivity contribution >= 4 is 21.4 Å². The first-order chi connectivity index (χ1) is 14.8. The van der Waals surface area contributed by atoms with E-state index in [1.807, 2.05) is 23.1 Å². The second kappa shape index (κ2) is 8.92. The number of rotatable bonds is 8. The highest BCUT2D eigenvalue weighted by Gasteiger charge is 2.34. The molecule has 0 bridgehead atoms. The maximum atomic E-state index is 12.9. The maximum absolute atomic E-state index is 12.9. The first kappa shape index (κ1) is 21.7. The third kappa shape index (κ3) is 5.22. The molecule has 2 fully saturated rings. The Morgan fingerprint density at radius 2 is 1.87 bits per heavy atom.